The van der Waals surface area contributed by atoms with E-state index in [2.05, 4.69) is 29.0 Å². The van der Waals surface area contributed by atoms with Crippen LogP contribution >= 0.6 is 0 Å². The summed E-state index contributed by atoms with van der Waals surface area (Å²) in [6, 6.07) is 8.07. The molecular weight excluding hydrogens is 234 g/mol. The quantitative estimate of drug-likeness (QED) is 0.782. The summed E-state index contributed by atoms with van der Waals surface area (Å²) >= 11 is 0. The highest BCUT2D eigenvalue weighted by Gasteiger charge is 2.05. The fourth-order valence-electron chi connectivity index (χ4n) is 1.90. The molecule has 2 aromatic rings. The van der Waals surface area contributed by atoms with Crippen LogP contribution in [0.3, 0.4) is 0 Å². The Hall–Kier alpha value is -2.29. The zero-order valence-electron chi connectivity index (χ0n) is 11.5. The largest absolute Gasteiger partial charge is 0.296 e. The van der Waals surface area contributed by atoms with Gasteiger partial charge in [-0.05, 0) is 43.7 Å². The van der Waals surface area contributed by atoms with Gasteiger partial charge in [-0.2, -0.15) is 0 Å². The van der Waals surface area contributed by atoms with Gasteiger partial charge in [0.25, 0.3) is 0 Å². The van der Waals surface area contributed by atoms with Crippen LogP contribution in [0, 0.1) is 6.92 Å². The zero-order chi connectivity index (χ0) is 13.7. The molecule has 0 saturated heterocycles. The second kappa shape index (κ2) is 6.05. The number of aromatic nitrogens is 2. The number of pyridine rings is 2. The van der Waals surface area contributed by atoms with Crippen molar-refractivity contribution in [1.82, 2.24) is 9.97 Å². The van der Waals surface area contributed by atoms with Gasteiger partial charge in [-0.15, -0.1) is 0 Å². The molecule has 0 bridgehead atoms. The molecule has 2 rings (SSSR count). The lowest BCUT2D eigenvalue weighted by molar-refractivity contribution is 1.23. The highest BCUT2D eigenvalue weighted by Crippen LogP contribution is 2.20. The third kappa shape index (κ3) is 3.13. The summed E-state index contributed by atoms with van der Waals surface area (Å²) < 4.78 is 0. The second-order valence-corrected chi connectivity index (χ2v) is 4.29. The van der Waals surface area contributed by atoms with Crippen molar-refractivity contribution in [2.45, 2.75) is 13.8 Å². The fraction of sp³-hybridized carbons (Fsp3) is 0.188. The van der Waals surface area contributed by atoms with Gasteiger partial charge >= 0.3 is 0 Å². The molecule has 19 heavy (non-hydrogen) atoms. The van der Waals surface area contributed by atoms with Crippen molar-refractivity contribution in [1.29, 1.82) is 0 Å². The van der Waals surface area contributed by atoms with E-state index < -0.39 is 0 Å². The monoisotopic (exact) mass is 251 g/mol. The first-order valence-corrected chi connectivity index (χ1v) is 6.22. The van der Waals surface area contributed by atoms with Gasteiger partial charge in [-0.3, -0.25) is 9.98 Å². The Morgan fingerprint density at radius 1 is 1.32 bits per heavy atom. The van der Waals surface area contributed by atoms with Crippen LogP contribution in [-0.4, -0.2) is 23.2 Å². The Morgan fingerprint density at radius 3 is 2.79 bits per heavy atom. The molecule has 0 radical (unpaired) electrons. The molecule has 0 saturated carbocycles. The van der Waals surface area contributed by atoms with Crippen LogP contribution in [0.5, 0.6) is 0 Å². The molecule has 3 nitrogen and oxygen atoms in total. The van der Waals surface area contributed by atoms with E-state index >= 15 is 0 Å². The Morgan fingerprint density at radius 2 is 2.16 bits per heavy atom. The Balaban J connectivity index is 2.52. The van der Waals surface area contributed by atoms with Crippen molar-refractivity contribution in [3.05, 3.63) is 54.0 Å². The van der Waals surface area contributed by atoms with Gasteiger partial charge in [0.05, 0.1) is 11.4 Å². The molecular formula is C16H17N3. The SMILES string of the molecule is C/C=C(\C=NC)c1cc(C)cc(-c2cccnc2)n1. The Labute approximate surface area is 113 Å². The van der Waals surface area contributed by atoms with E-state index in [0.717, 1.165) is 22.5 Å². The van der Waals surface area contributed by atoms with Crippen molar-refractivity contribution >= 4 is 11.8 Å². The van der Waals surface area contributed by atoms with Crippen LogP contribution in [-0.2, 0) is 0 Å². The maximum Gasteiger partial charge on any atom is 0.0727 e. The van der Waals surface area contributed by atoms with Crippen molar-refractivity contribution in [2.24, 2.45) is 4.99 Å². The molecule has 3 heteroatoms. The van der Waals surface area contributed by atoms with Crippen LogP contribution in [0.2, 0.25) is 0 Å². The maximum absolute atomic E-state index is 4.69. The Kier molecular flexibility index (Phi) is 4.18. The van der Waals surface area contributed by atoms with Crippen molar-refractivity contribution in [3.8, 4) is 11.3 Å². The standard InChI is InChI=1S/C16H17N3/c1-4-13(10-17-3)15-8-12(2)9-16(19-15)14-6-5-7-18-11-14/h4-11H,1-3H3/b13-4+,17-10?. The summed E-state index contributed by atoms with van der Waals surface area (Å²) in [6.07, 6.45) is 7.44. The minimum atomic E-state index is 0.937. The molecule has 0 aliphatic carbocycles. The summed E-state index contributed by atoms with van der Waals surface area (Å²) in [5.74, 6) is 0. The van der Waals surface area contributed by atoms with E-state index in [1.165, 1.54) is 5.56 Å². The average Bonchev–Trinajstić information content (AvgIpc) is 2.45. The van der Waals surface area contributed by atoms with Crippen LogP contribution < -0.4 is 0 Å². The molecule has 2 heterocycles. The number of rotatable bonds is 3. The fourth-order valence-corrected chi connectivity index (χ4v) is 1.90. The van der Waals surface area contributed by atoms with E-state index in [1.54, 1.807) is 13.2 Å². The number of hydrogen-bond acceptors (Lipinski definition) is 3. The first kappa shape index (κ1) is 13.1. The van der Waals surface area contributed by atoms with Crippen molar-refractivity contribution < 1.29 is 0 Å². The highest BCUT2D eigenvalue weighted by atomic mass is 14.7. The summed E-state index contributed by atoms with van der Waals surface area (Å²) in [5.41, 5.74) is 5.10. The van der Waals surface area contributed by atoms with Gasteiger partial charge in [0.1, 0.15) is 0 Å². The number of nitrogens with zero attached hydrogens (tertiary/aromatic N) is 3. The highest BCUT2D eigenvalue weighted by molar-refractivity contribution is 6.09. The first-order valence-electron chi connectivity index (χ1n) is 6.22. The van der Waals surface area contributed by atoms with E-state index in [1.807, 2.05) is 37.5 Å². The van der Waals surface area contributed by atoms with Crippen LogP contribution in [0.4, 0.5) is 0 Å². The minimum absolute atomic E-state index is 0.937. The summed E-state index contributed by atoms with van der Waals surface area (Å²) in [4.78, 5) is 12.9. The summed E-state index contributed by atoms with van der Waals surface area (Å²) in [6.45, 7) is 4.06. The lowest BCUT2D eigenvalue weighted by Crippen LogP contribution is -1.95. The molecule has 0 atom stereocenters. The predicted octanol–water partition coefficient (Wildman–Crippen LogP) is 3.56. The van der Waals surface area contributed by atoms with Gasteiger partial charge in [-0.1, -0.05) is 6.08 Å². The average molecular weight is 251 g/mol. The van der Waals surface area contributed by atoms with Crippen LogP contribution in [0.15, 0.2) is 47.7 Å². The van der Waals surface area contributed by atoms with Crippen LogP contribution in [0.25, 0.3) is 16.8 Å². The van der Waals surface area contributed by atoms with E-state index in [4.69, 9.17) is 4.98 Å². The third-order valence-electron chi connectivity index (χ3n) is 2.80. The van der Waals surface area contributed by atoms with Crippen LogP contribution in [0.1, 0.15) is 18.2 Å². The predicted molar refractivity (Wildman–Crippen MR) is 80.3 cm³/mol. The lowest BCUT2D eigenvalue weighted by Gasteiger charge is -2.07. The molecule has 0 aliphatic rings. The molecule has 0 unspecified atom stereocenters. The normalized spacial score (nSPS) is 12.1. The molecule has 2 aromatic heterocycles. The smallest absolute Gasteiger partial charge is 0.0727 e. The van der Waals surface area contributed by atoms with E-state index in [9.17, 15) is 0 Å². The summed E-state index contributed by atoms with van der Waals surface area (Å²) in [5, 5.41) is 0. The Bertz CT molecular complexity index is 613. The second-order valence-electron chi connectivity index (χ2n) is 4.29. The number of aryl methyl sites for hydroxylation is 1. The molecule has 0 fully saturated rings. The molecule has 0 aromatic carbocycles. The minimum Gasteiger partial charge on any atom is -0.296 e. The molecule has 0 aliphatic heterocycles. The lowest BCUT2D eigenvalue weighted by atomic mass is 10.1. The van der Waals surface area contributed by atoms with Gasteiger partial charge in [-0.25, -0.2) is 4.98 Å². The molecule has 0 amide bonds. The van der Waals surface area contributed by atoms with Gasteiger partial charge in [0.15, 0.2) is 0 Å². The zero-order valence-corrected chi connectivity index (χ0v) is 11.5. The maximum atomic E-state index is 4.69. The topological polar surface area (TPSA) is 38.1 Å². The van der Waals surface area contributed by atoms with E-state index in [0.29, 0.717) is 0 Å². The van der Waals surface area contributed by atoms with Gasteiger partial charge in [0, 0.05) is 36.8 Å². The molecule has 0 spiro atoms. The van der Waals surface area contributed by atoms with Crippen molar-refractivity contribution in [2.75, 3.05) is 7.05 Å². The molecule has 0 N–H and O–H groups in total. The first-order chi connectivity index (χ1) is 9.24. The number of aliphatic imine (C=N–C) groups is 1. The van der Waals surface area contributed by atoms with Gasteiger partial charge in [0.2, 0.25) is 0 Å². The molecule has 96 valence electrons. The van der Waals surface area contributed by atoms with Crippen molar-refractivity contribution in [3.63, 3.8) is 0 Å². The summed E-state index contributed by atoms with van der Waals surface area (Å²) in [7, 11) is 1.77. The van der Waals surface area contributed by atoms with E-state index in [-0.39, 0.29) is 0 Å². The number of hydrogen-bond donors (Lipinski definition) is 0. The van der Waals surface area contributed by atoms with Gasteiger partial charge < -0.3 is 0 Å². The third-order valence-corrected chi connectivity index (χ3v) is 2.80. The number of allylic oxidation sites excluding steroid dienone is 2.